The number of rotatable bonds is 1. The maximum atomic E-state index is 5.87. The first-order valence-corrected chi connectivity index (χ1v) is 5.68. The van der Waals surface area contributed by atoms with Crippen molar-refractivity contribution in [3.05, 3.63) is 41.2 Å². The quantitative estimate of drug-likeness (QED) is 0.789. The van der Waals surface area contributed by atoms with Gasteiger partial charge in [0.2, 0.25) is 5.95 Å². The van der Waals surface area contributed by atoms with Gasteiger partial charge in [0.1, 0.15) is 0 Å². The van der Waals surface area contributed by atoms with Crippen LogP contribution in [0.5, 0.6) is 0 Å². The van der Waals surface area contributed by atoms with Crippen molar-refractivity contribution in [2.45, 2.75) is 26.2 Å². The Balaban J connectivity index is 2.10. The van der Waals surface area contributed by atoms with E-state index >= 15 is 0 Å². The van der Waals surface area contributed by atoms with Crippen LogP contribution in [0.25, 0.3) is 5.69 Å². The van der Waals surface area contributed by atoms with Gasteiger partial charge in [0, 0.05) is 11.9 Å². The molecular formula is C13H15N3. The van der Waals surface area contributed by atoms with Crippen LogP contribution < -0.4 is 5.73 Å². The van der Waals surface area contributed by atoms with Gasteiger partial charge >= 0.3 is 0 Å². The first-order valence-electron chi connectivity index (χ1n) is 5.68. The van der Waals surface area contributed by atoms with Gasteiger partial charge in [-0.1, -0.05) is 6.07 Å². The number of nitrogen functional groups attached to an aromatic ring is 1. The average Bonchev–Trinajstić information content (AvgIpc) is 2.83. The van der Waals surface area contributed by atoms with Gasteiger partial charge in [-0.15, -0.1) is 0 Å². The third-order valence-electron chi connectivity index (χ3n) is 3.21. The summed E-state index contributed by atoms with van der Waals surface area (Å²) in [5.74, 6) is 0.565. The molecule has 0 amide bonds. The van der Waals surface area contributed by atoms with Crippen LogP contribution in [0.1, 0.15) is 23.2 Å². The van der Waals surface area contributed by atoms with Gasteiger partial charge in [0.25, 0.3) is 0 Å². The molecule has 0 spiro atoms. The van der Waals surface area contributed by atoms with Crippen LogP contribution in [0, 0.1) is 6.92 Å². The molecular weight excluding hydrogens is 198 g/mol. The van der Waals surface area contributed by atoms with Crippen molar-refractivity contribution in [1.82, 2.24) is 9.55 Å². The van der Waals surface area contributed by atoms with Crippen LogP contribution in [0.3, 0.4) is 0 Å². The summed E-state index contributed by atoms with van der Waals surface area (Å²) in [7, 11) is 0. The minimum absolute atomic E-state index is 0.565. The Labute approximate surface area is 94.9 Å². The molecule has 16 heavy (non-hydrogen) atoms. The van der Waals surface area contributed by atoms with E-state index in [9.17, 15) is 0 Å². The third kappa shape index (κ3) is 1.40. The van der Waals surface area contributed by atoms with Gasteiger partial charge in [-0.2, -0.15) is 0 Å². The molecule has 82 valence electrons. The van der Waals surface area contributed by atoms with E-state index in [0.717, 1.165) is 11.4 Å². The molecule has 0 atom stereocenters. The minimum atomic E-state index is 0.565. The predicted molar refractivity (Wildman–Crippen MR) is 64.7 cm³/mol. The van der Waals surface area contributed by atoms with E-state index in [0.29, 0.717) is 5.95 Å². The van der Waals surface area contributed by atoms with Crippen LogP contribution in [-0.2, 0) is 12.8 Å². The van der Waals surface area contributed by atoms with Crippen LogP contribution in [-0.4, -0.2) is 9.55 Å². The summed E-state index contributed by atoms with van der Waals surface area (Å²) in [6, 6.07) is 6.58. The van der Waals surface area contributed by atoms with Crippen molar-refractivity contribution in [2.24, 2.45) is 0 Å². The Morgan fingerprint density at radius 2 is 2.06 bits per heavy atom. The second-order valence-corrected chi connectivity index (χ2v) is 4.42. The highest BCUT2D eigenvalue weighted by atomic mass is 15.1. The van der Waals surface area contributed by atoms with Crippen molar-refractivity contribution in [3.63, 3.8) is 0 Å². The number of aromatic nitrogens is 2. The Morgan fingerprint density at radius 1 is 1.25 bits per heavy atom. The zero-order valence-corrected chi connectivity index (χ0v) is 9.40. The smallest absolute Gasteiger partial charge is 0.205 e. The maximum Gasteiger partial charge on any atom is 0.205 e. The lowest BCUT2D eigenvalue weighted by atomic mass is 10.1. The molecule has 3 heteroatoms. The highest BCUT2D eigenvalue weighted by Crippen LogP contribution is 2.25. The molecule has 0 saturated heterocycles. The predicted octanol–water partition coefficient (Wildman–Crippen LogP) is 2.25. The summed E-state index contributed by atoms with van der Waals surface area (Å²) in [4.78, 5) is 4.22. The molecule has 1 heterocycles. The van der Waals surface area contributed by atoms with Gasteiger partial charge in [-0.3, -0.25) is 4.57 Å². The van der Waals surface area contributed by atoms with Crippen molar-refractivity contribution in [1.29, 1.82) is 0 Å². The number of imidazole rings is 1. The van der Waals surface area contributed by atoms with Crippen LogP contribution >= 0.6 is 0 Å². The van der Waals surface area contributed by atoms with Gasteiger partial charge in [0.05, 0.1) is 5.69 Å². The summed E-state index contributed by atoms with van der Waals surface area (Å²) in [5, 5.41) is 0. The number of fused-ring (bicyclic) bond motifs is 1. The third-order valence-corrected chi connectivity index (χ3v) is 3.21. The molecule has 0 saturated carbocycles. The Kier molecular flexibility index (Phi) is 1.99. The van der Waals surface area contributed by atoms with Crippen molar-refractivity contribution < 1.29 is 0 Å². The Hall–Kier alpha value is -1.77. The summed E-state index contributed by atoms with van der Waals surface area (Å²) in [5.41, 5.74) is 10.9. The number of hydrogen-bond acceptors (Lipinski definition) is 2. The maximum absolute atomic E-state index is 5.87. The molecule has 3 rings (SSSR count). The molecule has 0 bridgehead atoms. The fourth-order valence-electron chi connectivity index (χ4n) is 2.43. The van der Waals surface area contributed by atoms with Crippen LogP contribution in [0.2, 0.25) is 0 Å². The minimum Gasteiger partial charge on any atom is -0.369 e. The highest BCUT2D eigenvalue weighted by Gasteiger charge is 2.12. The van der Waals surface area contributed by atoms with Gasteiger partial charge in [-0.05, 0) is 49.4 Å². The Bertz CT molecular complexity index is 540. The summed E-state index contributed by atoms with van der Waals surface area (Å²) >= 11 is 0. The first kappa shape index (κ1) is 9.46. The molecule has 0 radical (unpaired) electrons. The second-order valence-electron chi connectivity index (χ2n) is 4.42. The largest absolute Gasteiger partial charge is 0.369 e. The molecule has 1 aromatic heterocycles. The Morgan fingerprint density at radius 3 is 2.81 bits per heavy atom. The van der Waals surface area contributed by atoms with Crippen LogP contribution in [0.4, 0.5) is 5.95 Å². The van der Waals surface area contributed by atoms with Crippen molar-refractivity contribution in [3.8, 4) is 5.69 Å². The number of nitrogens with two attached hydrogens (primary N) is 1. The lowest BCUT2D eigenvalue weighted by Gasteiger charge is -2.07. The van der Waals surface area contributed by atoms with Crippen molar-refractivity contribution in [2.75, 3.05) is 5.73 Å². The molecule has 1 aliphatic rings. The lowest BCUT2D eigenvalue weighted by molar-refractivity contribution is 0.911. The number of aryl methyl sites for hydroxylation is 3. The molecule has 0 unspecified atom stereocenters. The SMILES string of the molecule is Cc1cn(-c2ccc3c(c2)CCC3)c(N)n1. The molecule has 1 aliphatic carbocycles. The first-order chi connectivity index (χ1) is 7.74. The highest BCUT2D eigenvalue weighted by molar-refractivity contribution is 5.46. The van der Waals surface area contributed by atoms with E-state index in [2.05, 4.69) is 23.2 Å². The van der Waals surface area contributed by atoms with Crippen LogP contribution in [0.15, 0.2) is 24.4 Å². The van der Waals surface area contributed by atoms with Gasteiger partial charge in [-0.25, -0.2) is 4.98 Å². The second kappa shape index (κ2) is 3.37. The molecule has 0 fully saturated rings. The van der Waals surface area contributed by atoms with E-state index < -0.39 is 0 Å². The van der Waals surface area contributed by atoms with E-state index in [-0.39, 0.29) is 0 Å². The summed E-state index contributed by atoms with van der Waals surface area (Å²) in [6.45, 7) is 1.96. The summed E-state index contributed by atoms with van der Waals surface area (Å²) in [6.07, 6.45) is 5.66. The number of benzene rings is 1. The molecule has 1 aromatic carbocycles. The van der Waals surface area contributed by atoms with Crippen molar-refractivity contribution >= 4 is 5.95 Å². The molecule has 2 N–H and O–H groups in total. The normalized spacial score (nSPS) is 14.1. The van der Waals surface area contributed by atoms with Gasteiger partial charge < -0.3 is 5.73 Å². The summed E-state index contributed by atoms with van der Waals surface area (Å²) < 4.78 is 1.95. The zero-order chi connectivity index (χ0) is 11.1. The molecule has 3 nitrogen and oxygen atoms in total. The van der Waals surface area contributed by atoms with E-state index in [1.807, 2.05) is 17.7 Å². The molecule has 0 aliphatic heterocycles. The van der Waals surface area contributed by atoms with E-state index in [1.165, 1.54) is 30.4 Å². The number of hydrogen-bond donors (Lipinski definition) is 1. The fourth-order valence-corrected chi connectivity index (χ4v) is 2.43. The standard InChI is InChI=1S/C13H15N3/c1-9-8-16(13(14)15-9)12-6-5-10-3-2-4-11(10)7-12/h5-8H,2-4H2,1H3,(H2,14,15). The van der Waals surface area contributed by atoms with E-state index in [1.54, 1.807) is 0 Å². The molecule has 2 aromatic rings. The topological polar surface area (TPSA) is 43.8 Å². The van der Waals surface area contributed by atoms with Gasteiger partial charge in [0.15, 0.2) is 0 Å². The zero-order valence-electron chi connectivity index (χ0n) is 9.40. The van der Waals surface area contributed by atoms with E-state index in [4.69, 9.17) is 5.73 Å². The number of anilines is 1. The number of nitrogens with zero attached hydrogens (tertiary/aromatic N) is 2. The monoisotopic (exact) mass is 213 g/mol. The average molecular weight is 213 g/mol. The fraction of sp³-hybridized carbons (Fsp3) is 0.308. The lowest BCUT2D eigenvalue weighted by Crippen LogP contribution is -2.00.